The smallest absolute Gasteiger partial charge is 0.250 e. The maximum atomic E-state index is 12.8. The maximum Gasteiger partial charge on any atom is 0.250 e. The molecule has 3 rings (SSSR count). The Morgan fingerprint density at radius 1 is 1.09 bits per heavy atom. The third-order valence-corrected chi connectivity index (χ3v) is 5.24. The van der Waals surface area contributed by atoms with Crippen molar-refractivity contribution in [2.45, 2.75) is 38.6 Å². The van der Waals surface area contributed by atoms with E-state index < -0.39 is 5.91 Å². The standard InChI is InChI=1S/C25H30N4O4/c30-24(28-32)13-3-1-2-9-21(25(31)27-14-7-16-29-17-15-26-19-29)18-33-23-12-6-10-20-8-4-5-11-22(20)23/h4-6,8-12,15,17,19,32H,1-3,7,13-14,16,18H2,(H,27,31)(H,28,30)/b21-9+. The highest BCUT2D eigenvalue weighted by atomic mass is 16.5. The quantitative estimate of drug-likeness (QED) is 0.160. The van der Waals surface area contributed by atoms with Gasteiger partial charge in [0, 0.05) is 37.3 Å². The molecule has 0 aliphatic heterocycles. The van der Waals surface area contributed by atoms with E-state index in [2.05, 4.69) is 10.3 Å². The fourth-order valence-electron chi connectivity index (χ4n) is 3.45. The fraction of sp³-hybridized carbons (Fsp3) is 0.320. The van der Waals surface area contributed by atoms with Gasteiger partial charge in [-0.3, -0.25) is 14.8 Å². The number of unbranched alkanes of at least 4 members (excludes halogenated alkanes) is 2. The number of nitrogens with zero attached hydrogens (tertiary/aromatic N) is 2. The Balaban J connectivity index is 1.57. The molecule has 3 N–H and O–H groups in total. The highest BCUT2D eigenvalue weighted by Crippen LogP contribution is 2.25. The second-order valence-electron chi connectivity index (χ2n) is 7.69. The van der Waals surface area contributed by atoms with E-state index in [1.807, 2.05) is 59.3 Å². The summed E-state index contributed by atoms with van der Waals surface area (Å²) in [5.41, 5.74) is 2.18. The van der Waals surface area contributed by atoms with Crippen molar-refractivity contribution in [3.05, 3.63) is 72.8 Å². The number of benzene rings is 2. The van der Waals surface area contributed by atoms with Crippen LogP contribution in [0.3, 0.4) is 0 Å². The molecular weight excluding hydrogens is 420 g/mol. The van der Waals surface area contributed by atoms with Gasteiger partial charge in [-0.25, -0.2) is 10.5 Å². The van der Waals surface area contributed by atoms with Gasteiger partial charge in [0.05, 0.1) is 11.9 Å². The Hall–Kier alpha value is -3.65. The Kier molecular flexibility index (Phi) is 9.47. The van der Waals surface area contributed by atoms with Gasteiger partial charge in [0.25, 0.3) is 0 Å². The molecule has 8 heteroatoms. The van der Waals surface area contributed by atoms with Gasteiger partial charge < -0.3 is 14.6 Å². The van der Waals surface area contributed by atoms with E-state index in [-0.39, 0.29) is 18.9 Å². The summed E-state index contributed by atoms with van der Waals surface area (Å²) in [6.45, 7) is 1.47. The monoisotopic (exact) mass is 450 g/mol. The number of imidazole rings is 1. The molecule has 0 aliphatic rings. The molecule has 0 aliphatic carbocycles. The first-order chi connectivity index (χ1) is 16.2. The molecule has 3 aromatic rings. The molecule has 0 saturated heterocycles. The van der Waals surface area contributed by atoms with E-state index in [1.165, 1.54) is 0 Å². The van der Waals surface area contributed by atoms with E-state index in [4.69, 9.17) is 9.94 Å². The second-order valence-corrected chi connectivity index (χ2v) is 7.69. The van der Waals surface area contributed by atoms with Gasteiger partial charge in [-0.1, -0.05) is 42.5 Å². The largest absolute Gasteiger partial charge is 0.488 e. The lowest BCUT2D eigenvalue weighted by Crippen LogP contribution is -2.29. The molecule has 0 radical (unpaired) electrons. The number of aryl methyl sites for hydroxylation is 1. The van der Waals surface area contributed by atoms with Crippen molar-refractivity contribution in [3.8, 4) is 5.75 Å². The Labute approximate surface area is 193 Å². The summed E-state index contributed by atoms with van der Waals surface area (Å²) in [5, 5.41) is 13.6. The molecule has 0 saturated carbocycles. The number of ether oxygens (including phenoxy) is 1. The average Bonchev–Trinajstić information content (AvgIpc) is 3.36. The summed E-state index contributed by atoms with van der Waals surface area (Å²) < 4.78 is 8.01. The normalized spacial score (nSPS) is 11.4. The Morgan fingerprint density at radius 3 is 2.76 bits per heavy atom. The van der Waals surface area contributed by atoms with E-state index in [0.29, 0.717) is 25.0 Å². The lowest BCUT2D eigenvalue weighted by atomic mass is 10.1. The highest BCUT2D eigenvalue weighted by Gasteiger charge is 2.11. The van der Waals surface area contributed by atoms with Gasteiger partial charge in [-0.05, 0) is 37.1 Å². The summed E-state index contributed by atoms with van der Waals surface area (Å²) in [6, 6.07) is 13.8. The number of hydrogen-bond acceptors (Lipinski definition) is 5. The molecule has 8 nitrogen and oxygen atoms in total. The zero-order chi connectivity index (χ0) is 23.3. The van der Waals surface area contributed by atoms with Crippen molar-refractivity contribution in [1.82, 2.24) is 20.3 Å². The minimum Gasteiger partial charge on any atom is -0.488 e. The van der Waals surface area contributed by atoms with Gasteiger partial charge in [0.15, 0.2) is 0 Å². The zero-order valence-electron chi connectivity index (χ0n) is 18.6. The van der Waals surface area contributed by atoms with E-state index in [0.717, 1.165) is 35.9 Å². The topological polar surface area (TPSA) is 105 Å². The number of carbonyl (C=O) groups is 2. The van der Waals surface area contributed by atoms with Crippen LogP contribution in [0.15, 0.2) is 72.8 Å². The number of fused-ring (bicyclic) bond motifs is 1. The molecule has 0 spiro atoms. The predicted octanol–water partition coefficient (Wildman–Crippen LogP) is 3.61. The minimum absolute atomic E-state index is 0.151. The number of rotatable bonds is 13. The van der Waals surface area contributed by atoms with Gasteiger partial charge in [-0.15, -0.1) is 0 Å². The number of amides is 2. The molecule has 1 aromatic heterocycles. The summed E-state index contributed by atoms with van der Waals surface area (Å²) in [6.07, 6.45) is 10.2. The van der Waals surface area contributed by atoms with Crippen LogP contribution in [0, 0.1) is 0 Å². The van der Waals surface area contributed by atoms with Crippen molar-refractivity contribution < 1.29 is 19.5 Å². The first-order valence-corrected chi connectivity index (χ1v) is 11.1. The van der Waals surface area contributed by atoms with Crippen LogP contribution in [0.5, 0.6) is 5.75 Å². The van der Waals surface area contributed by atoms with Crippen LogP contribution in [-0.2, 0) is 16.1 Å². The highest BCUT2D eigenvalue weighted by molar-refractivity contribution is 5.94. The summed E-state index contributed by atoms with van der Waals surface area (Å²) in [7, 11) is 0. The molecule has 33 heavy (non-hydrogen) atoms. The summed E-state index contributed by atoms with van der Waals surface area (Å²) >= 11 is 0. The maximum absolute atomic E-state index is 12.8. The molecule has 2 aromatic carbocycles. The first kappa shape index (κ1) is 24.0. The SMILES string of the molecule is O=C(CCCC/C=C(\COc1cccc2ccccc12)C(=O)NCCCn1ccnc1)NO. The zero-order valence-corrected chi connectivity index (χ0v) is 18.6. The number of hydroxylamine groups is 1. The number of nitrogens with one attached hydrogen (secondary N) is 2. The van der Waals surface area contributed by atoms with Gasteiger partial charge in [-0.2, -0.15) is 0 Å². The number of carbonyl (C=O) groups excluding carboxylic acids is 2. The molecule has 2 amide bonds. The number of allylic oxidation sites excluding steroid dienone is 1. The molecule has 0 atom stereocenters. The van der Waals surface area contributed by atoms with Gasteiger partial charge in [0.2, 0.25) is 11.8 Å². The summed E-state index contributed by atoms with van der Waals surface area (Å²) in [5.74, 6) is 0.162. The van der Waals surface area contributed by atoms with Crippen LogP contribution in [0.2, 0.25) is 0 Å². The van der Waals surface area contributed by atoms with Crippen molar-refractivity contribution in [3.63, 3.8) is 0 Å². The van der Waals surface area contributed by atoms with Crippen LogP contribution < -0.4 is 15.5 Å². The fourth-order valence-corrected chi connectivity index (χ4v) is 3.45. The molecular formula is C25H30N4O4. The van der Waals surface area contributed by atoms with Gasteiger partial charge in [0.1, 0.15) is 12.4 Å². The van der Waals surface area contributed by atoms with Crippen LogP contribution in [-0.4, -0.2) is 39.7 Å². The van der Waals surface area contributed by atoms with Crippen molar-refractivity contribution in [2.75, 3.05) is 13.2 Å². The van der Waals surface area contributed by atoms with Crippen LogP contribution in [0.25, 0.3) is 10.8 Å². The minimum atomic E-state index is -0.408. The van der Waals surface area contributed by atoms with Crippen molar-refractivity contribution in [2.24, 2.45) is 0 Å². The van der Waals surface area contributed by atoms with Crippen LogP contribution >= 0.6 is 0 Å². The second kappa shape index (κ2) is 13.0. The lowest BCUT2D eigenvalue weighted by molar-refractivity contribution is -0.129. The first-order valence-electron chi connectivity index (χ1n) is 11.1. The third-order valence-electron chi connectivity index (χ3n) is 5.24. The number of hydrogen-bond donors (Lipinski definition) is 3. The van der Waals surface area contributed by atoms with E-state index in [1.54, 1.807) is 18.0 Å². The third kappa shape index (κ3) is 7.76. The molecule has 0 bridgehead atoms. The lowest BCUT2D eigenvalue weighted by Gasteiger charge is -2.13. The Morgan fingerprint density at radius 2 is 1.94 bits per heavy atom. The van der Waals surface area contributed by atoms with Crippen molar-refractivity contribution in [1.29, 1.82) is 0 Å². The molecule has 1 heterocycles. The molecule has 0 fully saturated rings. The van der Waals surface area contributed by atoms with Crippen molar-refractivity contribution >= 4 is 22.6 Å². The Bertz CT molecular complexity index is 1060. The van der Waals surface area contributed by atoms with E-state index in [9.17, 15) is 9.59 Å². The van der Waals surface area contributed by atoms with Crippen LogP contribution in [0.1, 0.15) is 32.1 Å². The van der Waals surface area contributed by atoms with E-state index >= 15 is 0 Å². The number of aromatic nitrogens is 2. The average molecular weight is 451 g/mol. The molecule has 174 valence electrons. The predicted molar refractivity (Wildman–Crippen MR) is 126 cm³/mol. The van der Waals surface area contributed by atoms with Crippen LogP contribution in [0.4, 0.5) is 0 Å². The molecule has 0 unspecified atom stereocenters. The van der Waals surface area contributed by atoms with Gasteiger partial charge >= 0.3 is 0 Å². The summed E-state index contributed by atoms with van der Waals surface area (Å²) in [4.78, 5) is 28.0.